The van der Waals surface area contributed by atoms with Crippen LogP contribution in [-0.2, 0) is 27.5 Å². The molecule has 2 unspecified atom stereocenters. The Morgan fingerprint density at radius 3 is 2.52 bits per heavy atom. The molecule has 2 atom stereocenters. The number of alkyl halides is 3. The molecule has 4 N–H and O–H groups in total. The number of aliphatic hydroxyl groups is 1. The van der Waals surface area contributed by atoms with Gasteiger partial charge in [0, 0.05) is 68.5 Å². The van der Waals surface area contributed by atoms with E-state index < -0.39 is 35.2 Å². The Morgan fingerprint density at radius 1 is 1.13 bits per heavy atom. The number of hydrogen-bond donors (Lipinski definition) is 4. The summed E-state index contributed by atoms with van der Waals surface area (Å²) in [5, 5.41) is 15.7. The topological polar surface area (TPSA) is 159 Å². The van der Waals surface area contributed by atoms with Crippen molar-refractivity contribution in [1.82, 2.24) is 34.0 Å². The van der Waals surface area contributed by atoms with Crippen molar-refractivity contribution in [2.75, 3.05) is 49.5 Å². The standard InChI is InChI=1S/C45H60F3N9O5S/c1-6-8-38(41(59)50-27-58)57-37-10-7-9-36(40(37)54(5)43(57)60)56-19-17-55(18-20-56)25-30-22-32(23-30)62-26-29(3)53-63-33-11-12-35(28(2)21-33)51-42-49-24-34(45(46,47)48)39(52-42)31-13-15-44(4,61)16-14-31/h7,9-12,21,24,27,29-32,38,53,61H,6,8,13-20,22-23,25-26H2,1-5H3,(H,49,51,52)(H,50,58,59). The van der Waals surface area contributed by atoms with Gasteiger partial charge in [-0.15, -0.1) is 0 Å². The van der Waals surface area contributed by atoms with E-state index in [2.05, 4.69) is 42.0 Å². The second kappa shape index (κ2) is 19.7. The third kappa shape index (κ3) is 10.9. The first-order valence-electron chi connectivity index (χ1n) is 22.0. The molecule has 2 aliphatic carbocycles. The zero-order chi connectivity index (χ0) is 45.1. The molecule has 2 saturated carbocycles. The zero-order valence-corrected chi connectivity index (χ0v) is 37.5. The van der Waals surface area contributed by atoms with Crippen molar-refractivity contribution in [3.63, 3.8) is 0 Å². The number of ether oxygens (including phenoxy) is 1. The Balaban J connectivity index is 0.841. The van der Waals surface area contributed by atoms with Crippen LogP contribution >= 0.6 is 11.9 Å². The fourth-order valence-corrected chi connectivity index (χ4v) is 9.99. The number of imidazole rings is 1. The molecule has 18 heteroatoms. The van der Waals surface area contributed by atoms with Crippen LogP contribution in [0.3, 0.4) is 0 Å². The first-order chi connectivity index (χ1) is 30.0. The van der Waals surface area contributed by atoms with E-state index in [9.17, 15) is 32.7 Å². The summed E-state index contributed by atoms with van der Waals surface area (Å²) in [6.45, 7) is 12.7. The van der Waals surface area contributed by atoms with Gasteiger partial charge in [0.05, 0.1) is 46.3 Å². The lowest BCUT2D eigenvalue weighted by atomic mass is 9.78. The van der Waals surface area contributed by atoms with Crippen molar-refractivity contribution in [1.29, 1.82) is 0 Å². The molecule has 1 aliphatic heterocycles. The largest absolute Gasteiger partial charge is 0.419 e. The average molecular weight is 896 g/mol. The van der Waals surface area contributed by atoms with Gasteiger partial charge in [0.1, 0.15) is 6.04 Å². The monoisotopic (exact) mass is 895 g/mol. The van der Waals surface area contributed by atoms with E-state index in [0.717, 1.165) is 73.4 Å². The molecule has 3 heterocycles. The molecule has 0 spiro atoms. The van der Waals surface area contributed by atoms with Gasteiger partial charge in [-0.1, -0.05) is 19.4 Å². The average Bonchev–Trinajstić information content (AvgIpc) is 3.49. The van der Waals surface area contributed by atoms with Crippen molar-refractivity contribution in [2.24, 2.45) is 13.0 Å². The number of benzene rings is 2. The molecule has 342 valence electrons. The molecule has 63 heavy (non-hydrogen) atoms. The summed E-state index contributed by atoms with van der Waals surface area (Å²) >= 11 is 1.50. The number of nitrogens with one attached hydrogen (secondary N) is 3. The number of aryl methyl sites for hydroxylation is 2. The highest BCUT2D eigenvalue weighted by atomic mass is 32.2. The summed E-state index contributed by atoms with van der Waals surface area (Å²) in [5.41, 5.74) is 2.03. The number of piperazine rings is 1. The molecular formula is C45H60F3N9O5S. The first kappa shape index (κ1) is 46.5. The Bertz CT molecular complexity index is 2300. The highest BCUT2D eigenvalue weighted by Crippen LogP contribution is 2.42. The van der Waals surface area contributed by atoms with Crippen molar-refractivity contribution in [3.8, 4) is 0 Å². The smallest absolute Gasteiger partial charge is 0.390 e. The van der Waals surface area contributed by atoms with Gasteiger partial charge < -0.3 is 20.1 Å². The lowest BCUT2D eigenvalue weighted by Crippen LogP contribution is -2.50. The summed E-state index contributed by atoms with van der Waals surface area (Å²) in [6.07, 6.45) is 1.73. The van der Waals surface area contributed by atoms with Gasteiger partial charge in [0.2, 0.25) is 18.3 Å². The lowest BCUT2D eigenvalue weighted by molar-refractivity contribution is -0.139. The number of aromatic nitrogens is 4. The van der Waals surface area contributed by atoms with Gasteiger partial charge >= 0.3 is 11.9 Å². The highest BCUT2D eigenvalue weighted by Gasteiger charge is 2.40. The van der Waals surface area contributed by atoms with Crippen LogP contribution < -0.4 is 25.9 Å². The summed E-state index contributed by atoms with van der Waals surface area (Å²) in [4.78, 5) is 51.5. The molecule has 2 amide bonds. The molecular weight excluding hydrogens is 836 g/mol. The minimum Gasteiger partial charge on any atom is -0.390 e. The number of carbonyl (C=O) groups excluding carboxylic acids is 2. The van der Waals surface area contributed by atoms with E-state index >= 15 is 0 Å². The lowest BCUT2D eigenvalue weighted by Gasteiger charge is -2.42. The number of imide groups is 1. The summed E-state index contributed by atoms with van der Waals surface area (Å²) in [7, 11) is 1.74. The molecule has 3 fully saturated rings. The highest BCUT2D eigenvalue weighted by molar-refractivity contribution is 7.97. The number of halogens is 3. The third-order valence-electron chi connectivity index (χ3n) is 12.9. The van der Waals surface area contributed by atoms with Gasteiger partial charge in [0.15, 0.2) is 0 Å². The quantitative estimate of drug-likeness (QED) is 0.0649. The van der Waals surface area contributed by atoms with Crippen molar-refractivity contribution in [3.05, 3.63) is 69.9 Å². The van der Waals surface area contributed by atoms with Gasteiger partial charge in [-0.3, -0.25) is 33.7 Å². The zero-order valence-electron chi connectivity index (χ0n) is 36.7. The van der Waals surface area contributed by atoms with Crippen molar-refractivity contribution >= 4 is 52.6 Å². The molecule has 3 aliphatic rings. The van der Waals surface area contributed by atoms with E-state index in [-0.39, 0.29) is 29.5 Å². The number of para-hydroxylation sites is 1. The van der Waals surface area contributed by atoms with E-state index in [0.29, 0.717) is 68.7 Å². The Hall–Kier alpha value is -4.49. The van der Waals surface area contributed by atoms with Crippen LogP contribution in [0.4, 0.5) is 30.5 Å². The van der Waals surface area contributed by atoms with Crippen LogP contribution in [0.5, 0.6) is 0 Å². The maximum atomic E-state index is 13.9. The van der Waals surface area contributed by atoms with Crippen LogP contribution in [0.1, 0.15) is 101 Å². The number of fused-ring (bicyclic) bond motifs is 1. The van der Waals surface area contributed by atoms with Crippen LogP contribution in [0.15, 0.2) is 52.3 Å². The molecule has 2 aromatic heterocycles. The maximum Gasteiger partial charge on any atom is 0.419 e. The molecule has 0 bridgehead atoms. The number of amides is 2. The fraction of sp³-hybridized carbons (Fsp3) is 0.578. The number of rotatable bonds is 17. The second-order valence-electron chi connectivity index (χ2n) is 17.9. The normalized spacial score (nSPS) is 23.0. The van der Waals surface area contributed by atoms with Gasteiger partial charge in [-0.2, -0.15) is 13.2 Å². The molecule has 0 radical (unpaired) electrons. The SMILES string of the molecule is CCCC(C(=O)NC=O)n1c(=O)n(C)c2c(N3CCN(CC4CC(OCC(C)NSc5ccc(Nc6ncc(C(F)(F)F)c(C7CCC(C)(O)CC7)n6)c(C)c5)C4)CC3)cccc21. The predicted octanol–water partition coefficient (Wildman–Crippen LogP) is 6.83. The number of nitrogens with zero attached hydrogens (tertiary/aromatic N) is 6. The van der Waals surface area contributed by atoms with Gasteiger partial charge in [-0.25, -0.2) is 14.8 Å². The van der Waals surface area contributed by atoms with E-state index in [1.165, 1.54) is 16.5 Å². The number of hydrogen-bond acceptors (Lipinski definition) is 12. The Labute approximate surface area is 370 Å². The maximum absolute atomic E-state index is 13.9. The van der Waals surface area contributed by atoms with E-state index in [1.54, 1.807) is 18.5 Å². The molecule has 1 saturated heterocycles. The van der Waals surface area contributed by atoms with E-state index in [1.807, 2.05) is 50.2 Å². The summed E-state index contributed by atoms with van der Waals surface area (Å²) in [5.74, 6) is -0.207. The molecule has 2 aromatic carbocycles. The molecule has 14 nitrogen and oxygen atoms in total. The third-order valence-corrected chi connectivity index (χ3v) is 13.9. The van der Waals surface area contributed by atoms with Crippen LogP contribution in [0.2, 0.25) is 0 Å². The van der Waals surface area contributed by atoms with E-state index in [4.69, 9.17) is 4.74 Å². The first-order valence-corrected chi connectivity index (χ1v) is 22.9. The Kier molecular flexibility index (Phi) is 14.6. The van der Waals surface area contributed by atoms with Crippen molar-refractivity contribution < 1.29 is 32.6 Å². The van der Waals surface area contributed by atoms with Gasteiger partial charge in [-0.05, 0) is 119 Å². The Morgan fingerprint density at radius 2 is 1.86 bits per heavy atom. The minimum absolute atomic E-state index is 0.0213. The number of anilines is 3. The predicted molar refractivity (Wildman–Crippen MR) is 238 cm³/mol. The minimum atomic E-state index is -4.57. The van der Waals surface area contributed by atoms with Crippen LogP contribution in [0.25, 0.3) is 11.0 Å². The molecule has 7 rings (SSSR count). The molecule has 4 aromatic rings. The summed E-state index contributed by atoms with van der Waals surface area (Å²) < 4.78 is 54.6. The van der Waals surface area contributed by atoms with Crippen LogP contribution in [-0.4, -0.2) is 98.5 Å². The second-order valence-corrected chi connectivity index (χ2v) is 18.8. The van der Waals surface area contributed by atoms with Gasteiger partial charge in [0.25, 0.3) is 0 Å². The van der Waals surface area contributed by atoms with Crippen LogP contribution in [0, 0.1) is 12.8 Å². The summed E-state index contributed by atoms with van der Waals surface area (Å²) in [6, 6.07) is 11.0. The fourth-order valence-electron chi connectivity index (χ4n) is 9.22. The number of carbonyl (C=O) groups is 2. The van der Waals surface area contributed by atoms with Crippen molar-refractivity contribution in [2.45, 2.75) is 120 Å².